The topological polar surface area (TPSA) is 17.1 Å². The van der Waals surface area contributed by atoms with E-state index in [0.29, 0.717) is 5.02 Å². The highest BCUT2D eigenvalue weighted by molar-refractivity contribution is 9.10. The zero-order valence-electron chi connectivity index (χ0n) is 10.3. The summed E-state index contributed by atoms with van der Waals surface area (Å²) in [6, 6.07) is 5.43. The molecule has 0 N–H and O–H groups in total. The third kappa shape index (κ3) is 4.11. The van der Waals surface area contributed by atoms with Crippen LogP contribution in [0.15, 0.2) is 22.7 Å². The van der Waals surface area contributed by atoms with E-state index >= 15 is 0 Å². The van der Waals surface area contributed by atoms with Gasteiger partial charge in [0, 0.05) is 16.0 Å². The highest BCUT2D eigenvalue weighted by atomic mass is 79.9. The van der Waals surface area contributed by atoms with Crippen molar-refractivity contribution in [2.75, 3.05) is 0 Å². The third-order valence-electron chi connectivity index (χ3n) is 2.97. The van der Waals surface area contributed by atoms with Crippen molar-refractivity contribution in [3.05, 3.63) is 33.3 Å². The highest BCUT2D eigenvalue weighted by Crippen LogP contribution is 2.26. The summed E-state index contributed by atoms with van der Waals surface area (Å²) >= 11 is 9.34. The van der Waals surface area contributed by atoms with Gasteiger partial charge in [-0.2, -0.15) is 0 Å². The van der Waals surface area contributed by atoms with Crippen LogP contribution in [0.3, 0.4) is 0 Å². The predicted molar refractivity (Wildman–Crippen MR) is 76.8 cm³/mol. The van der Waals surface area contributed by atoms with Gasteiger partial charge >= 0.3 is 0 Å². The van der Waals surface area contributed by atoms with E-state index in [1.54, 1.807) is 6.07 Å². The molecule has 1 atom stereocenters. The van der Waals surface area contributed by atoms with E-state index in [0.717, 1.165) is 35.7 Å². The van der Waals surface area contributed by atoms with Crippen LogP contribution in [-0.4, -0.2) is 5.78 Å². The normalized spacial score (nSPS) is 12.5. The minimum atomic E-state index is 0.132. The molecule has 0 aliphatic rings. The Morgan fingerprint density at radius 1 is 1.41 bits per heavy atom. The summed E-state index contributed by atoms with van der Waals surface area (Å²) in [7, 11) is 0. The van der Waals surface area contributed by atoms with Crippen molar-refractivity contribution in [3.8, 4) is 0 Å². The van der Waals surface area contributed by atoms with E-state index in [1.165, 1.54) is 0 Å². The van der Waals surface area contributed by atoms with Gasteiger partial charge in [0.1, 0.15) is 0 Å². The molecule has 0 saturated carbocycles. The summed E-state index contributed by atoms with van der Waals surface area (Å²) in [5.41, 5.74) is 0.723. The van der Waals surface area contributed by atoms with Crippen LogP contribution in [0, 0.1) is 5.92 Å². The second-order valence-electron chi connectivity index (χ2n) is 4.24. The van der Waals surface area contributed by atoms with Gasteiger partial charge in [0.25, 0.3) is 0 Å². The average molecular weight is 318 g/mol. The average Bonchev–Trinajstić information content (AvgIpc) is 2.33. The van der Waals surface area contributed by atoms with Crippen molar-refractivity contribution >= 4 is 33.3 Å². The van der Waals surface area contributed by atoms with Crippen LogP contribution in [0.5, 0.6) is 0 Å². The van der Waals surface area contributed by atoms with Gasteiger partial charge in [0.15, 0.2) is 5.78 Å². The lowest BCUT2D eigenvalue weighted by molar-refractivity contribution is 0.0908. The molecular weight excluding hydrogens is 300 g/mol. The lowest BCUT2D eigenvalue weighted by Crippen LogP contribution is -2.14. The van der Waals surface area contributed by atoms with E-state index in [-0.39, 0.29) is 11.7 Å². The molecule has 1 aromatic carbocycles. The van der Waals surface area contributed by atoms with Gasteiger partial charge in [0.05, 0.1) is 5.02 Å². The van der Waals surface area contributed by atoms with Gasteiger partial charge < -0.3 is 0 Å². The van der Waals surface area contributed by atoms with E-state index in [4.69, 9.17) is 11.6 Å². The Morgan fingerprint density at radius 3 is 2.65 bits per heavy atom. The second-order valence-corrected chi connectivity index (χ2v) is 5.50. The minimum Gasteiger partial charge on any atom is -0.294 e. The first-order valence-corrected chi connectivity index (χ1v) is 7.26. The number of ketones is 1. The summed E-state index contributed by atoms with van der Waals surface area (Å²) in [6.45, 7) is 4.21. The van der Waals surface area contributed by atoms with E-state index in [2.05, 4.69) is 29.8 Å². The number of benzene rings is 1. The maximum atomic E-state index is 12.3. The molecule has 0 saturated heterocycles. The molecule has 0 bridgehead atoms. The van der Waals surface area contributed by atoms with Gasteiger partial charge in [0.2, 0.25) is 0 Å². The lowest BCUT2D eigenvalue weighted by atomic mass is 9.91. The van der Waals surface area contributed by atoms with Gasteiger partial charge in [-0.05, 0) is 40.9 Å². The lowest BCUT2D eigenvalue weighted by Gasteiger charge is -2.13. The van der Waals surface area contributed by atoms with Crippen LogP contribution in [0.2, 0.25) is 5.02 Å². The van der Waals surface area contributed by atoms with Crippen LogP contribution >= 0.6 is 27.5 Å². The maximum absolute atomic E-state index is 12.3. The van der Waals surface area contributed by atoms with E-state index < -0.39 is 0 Å². The van der Waals surface area contributed by atoms with Gasteiger partial charge in [-0.25, -0.2) is 0 Å². The monoisotopic (exact) mass is 316 g/mol. The molecular formula is C14H18BrClO. The van der Waals surface area contributed by atoms with Gasteiger partial charge in [-0.1, -0.05) is 44.4 Å². The van der Waals surface area contributed by atoms with Gasteiger partial charge in [-0.15, -0.1) is 0 Å². The molecule has 0 heterocycles. The number of hydrogen-bond donors (Lipinski definition) is 0. The molecule has 1 nitrogen and oxygen atoms in total. The first kappa shape index (κ1) is 14.7. The van der Waals surface area contributed by atoms with Crippen LogP contribution in [0.25, 0.3) is 0 Å². The molecule has 0 fully saturated rings. The number of halogens is 2. The molecule has 17 heavy (non-hydrogen) atoms. The Balaban J connectivity index is 2.82. The van der Waals surface area contributed by atoms with Crippen LogP contribution in [-0.2, 0) is 0 Å². The number of carbonyl (C=O) groups excluding carboxylic acids is 1. The third-order valence-corrected chi connectivity index (χ3v) is 4.21. The van der Waals surface area contributed by atoms with E-state index in [1.807, 2.05) is 12.1 Å². The Kier molecular flexibility index (Phi) is 6.21. The quantitative estimate of drug-likeness (QED) is 0.633. The Labute approximate surface area is 117 Å². The molecule has 0 radical (unpaired) electrons. The fourth-order valence-electron chi connectivity index (χ4n) is 1.86. The molecule has 1 aromatic rings. The molecule has 3 heteroatoms. The highest BCUT2D eigenvalue weighted by Gasteiger charge is 2.18. The number of unbranched alkanes of at least 4 members (excludes halogenated alkanes) is 1. The molecule has 94 valence electrons. The molecule has 0 aliphatic heterocycles. The smallest absolute Gasteiger partial charge is 0.165 e. The van der Waals surface area contributed by atoms with Crippen LogP contribution < -0.4 is 0 Å². The predicted octanol–water partition coefficient (Wildman–Crippen LogP) is 5.50. The van der Waals surface area contributed by atoms with E-state index in [9.17, 15) is 4.79 Å². The van der Waals surface area contributed by atoms with Crippen molar-refractivity contribution in [1.29, 1.82) is 0 Å². The molecule has 1 unspecified atom stereocenters. The minimum absolute atomic E-state index is 0.132. The summed E-state index contributed by atoms with van der Waals surface area (Å²) in [6.07, 6.45) is 4.10. The summed E-state index contributed by atoms with van der Waals surface area (Å²) in [5.74, 6) is 0.350. The zero-order valence-corrected chi connectivity index (χ0v) is 12.6. The first-order chi connectivity index (χ1) is 8.10. The molecule has 0 aliphatic carbocycles. The Morgan fingerprint density at radius 2 is 2.12 bits per heavy atom. The Bertz CT molecular complexity index is 390. The fraction of sp³-hybridized carbons (Fsp3) is 0.500. The number of carbonyl (C=O) groups is 1. The fourth-order valence-corrected chi connectivity index (χ4v) is 2.28. The SMILES string of the molecule is CCCCC(CC)C(=O)c1ccc(Br)c(Cl)c1. The van der Waals surface area contributed by atoms with Crippen LogP contribution in [0.1, 0.15) is 49.9 Å². The standard InChI is InChI=1S/C14H18BrClO/c1-3-5-6-10(4-2)14(17)11-7-8-12(15)13(16)9-11/h7-10H,3-6H2,1-2H3. The number of Topliss-reactive ketones (excluding diaryl/α,β-unsaturated/α-hetero) is 1. The molecule has 0 aromatic heterocycles. The summed E-state index contributed by atoms with van der Waals surface area (Å²) in [5, 5.41) is 0.598. The van der Waals surface area contributed by atoms with Crippen molar-refractivity contribution in [2.45, 2.75) is 39.5 Å². The van der Waals surface area contributed by atoms with Gasteiger partial charge in [-0.3, -0.25) is 4.79 Å². The molecule has 0 spiro atoms. The number of hydrogen-bond acceptors (Lipinski definition) is 1. The summed E-state index contributed by atoms with van der Waals surface area (Å²) in [4.78, 5) is 12.3. The largest absolute Gasteiger partial charge is 0.294 e. The molecule has 1 rings (SSSR count). The second kappa shape index (κ2) is 7.17. The Hall–Kier alpha value is -0.340. The first-order valence-electron chi connectivity index (χ1n) is 6.09. The summed E-state index contributed by atoms with van der Waals surface area (Å²) < 4.78 is 0.831. The van der Waals surface area contributed by atoms with Crippen LogP contribution in [0.4, 0.5) is 0 Å². The zero-order chi connectivity index (χ0) is 12.8. The molecule has 0 amide bonds. The number of rotatable bonds is 6. The van der Waals surface area contributed by atoms with Crippen molar-refractivity contribution in [2.24, 2.45) is 5.92 Å². The van der Waals surface area contributed by atoms with Crippen molar-refractivity contribution < 1.29 is 4.79 Å². The van der Waals surface area contributed by atoms with Crippen molar-refractivity contribution in [3.63, 3.8) is 0 Å². The van der Waals surface area contributed by atoms with Crippen molar-refractivity contribution in [1.82, 2.24) is 0 Å². The maximum Gasteiger partial charge on any atom is 0.165 e.